The normalized spacial score (nSPS) is 19.6. The number of rotatable bonds is 12. The molecule has 0 bridgehead atoms. The van der Waals surface area contributed by atoms with Crippen molar-refractivity contribution in [3.63, 3.8) is 0 Å². The number of pyridine rings is 1. The summed E-state index contributed by atoms with van der Waals surface area (Å²) in [6, 6.07) is 3.96. The first-order valence-electron chi connectivity index (χ1n) is 10.6. The number of guanidine groups is 1. The molecule has 3 rings (SSSR count). The first-order valence-corrected chi connectivity index (χ1v) is 10.6. The Morgan fingerprint density at radius 3 is 3.00 bits per heavy atom. The predicted molar refractivity (Wildman–Crippen MR) is 110 cm³/mol. The standard InChI is InChI=1S/C21H34N4O3/c1-2-22-21(24-9-4-11-26-16-19-5-3-12-27-19)25-14-18-8-10-23-20(13-18)28-15-17-6-7-17/h8,10,13,17,19H,2-7,9,11-12,14-16H2,1H3,(H2,22,24,25). The zero-order valence-corrected chi connectivity index (χ0v) is 17.0. The third kappa shape index (κ3) is 8.02. The molecule has 2 N–H and O–H groups in total. The Morgan fingerprint density at radius 2 is 2.21 bits per heavy atom. The van der Waals surface area contributed by atoms with Gasteiger partial charge in [-0.1, -0.05) is 0 Å². The van der Waals surface area contributed by atoms with E-state index < -0.39 is 0 Å². The van der Waals surface area contributed by atoms with E-state index in [2.05, 4.69) is 27.5 Å². The number of ether oxygens (including phenoxy) is 3. The molecule has 2 fully saturated rings. The van der Waals surface area contributed by atoms with Crippen LogP contribution in [0.4, 0.5) is 0 Å². The lowest BCUT2D eigenvalue weighted by Gasteiger charge is -2.13. The molecule has 7 heteroatoms. The van der Waals surface area contributed by atoms with Gasteiger partial charge in [-0.25, -0.2) is 9.98 Å². The van der Waals surface area contributed by atoms with Crippen LogP contribution in [0.25, 0.3) is 0 Å². The van der Waals surface area contributed by atoms with Crippen molar-refractivity contribution in [1.82, 2.24) is 15.6 Å². The van der Waals surface area contributed by atoms with Gasteiger partial charge in [-0.05, 0) is 56.6 Å². The number of aromatic nitrogens is 1. The number of hydrogen-bond donors (Lipinski definition) is 2. The minimum absolute atomic E-state index is 0.297. The van der Waals surface area contributed by atoms with Gasteiger partial charge in [0, 0.05) is 38.6 Å². The molecule has 1 aliphatic carbocycles. The van der Waals surface area contributed by atoms with Gasteiger partial charge < -0.3 is 24.8 Å². The molecule has 1 aliphatic heterocycles. The van der Waals surface area contributed by atoms with Gasteiger partial charge in [0.25, 0.3) is 0 Å². The zero-order chi connectivity index (χ0) is 19.4. The zero-order valence-electron chi connectivity index (χ0n) is 17.0. The first kappa shape index (κ1) is 20.9. The minimum atomic E-state index is 0.297. The molecule has 2 aliphatic rings. The van der Waals surface area contributed by atoms with E-state index >= 15 is 0 Å². The molecular weight excluding hydrogens is 356 g/mol. The summed E-state index contributed by atoms with van der Waals surface area (Å²) in [7, 11) is 0. The Hall–Kier alpha value is -1.86. The molecule has 0 amide bonds. The predicted octanol–water partition coefficient (Wildman–Crippen LogP) is 2.51. The summed E-state index contributed by atoms with van der Waals surface area (Å²) >= 11 is 0. The number of aliphatic imine (C=N–C) groups is 1. The number of nitrogens with zero attached hydrogens (tertiary/aromatic N) is 2. The lowest BCUT2D eigenvalue weighted by atomic mass is 10.2. The van der Waals surface area contributed by atoms with Crippen LogP contribution in [0.5, 0.6) is 5.88 Å². The molecular formula is C21H34N4O3. The van der Waals surface area contributed by atoms with Crippen LogP contribution >= 0.6 is 0 Å². The molecule has 2 heterocycles. The quantitative estimate of drug-likeness (QED) is 0.324. The molecule has 1 unspecified atom stereocenters. The molecule has 1 atom stereocenters. The molecule has 7 nitrogen and oxygen atoms in total. The maximum Gasteiger partial charge on any atom is 0.213 e. The van der Waals surface area contributed by atoms with Crippen molar-refractivity contribution in [2.75, 3.05) is 39.5 Å². The van der Waals surface area contributed by atoms with Crippen molar-refractivity contribution in [1.29, 1.82) is 0 Å². The minimum Gasteiger partial charge on any atom is -0.477 e. The molecule has 0 radical (unpaired) electrons. The third-order valence-electron chi connectivity index (χ3n) is 4.81. The van der Waals surface area contributed by atoms with Crippen molar-refractivity contribution in [3.8, 4) is 5.88 Å². The van der Waals surface area contributed by atoms with Crippen LogP contribution in [0.3, 0.4) is 0 Å². The van der Waals surface area contributed by atoms with Crippen LogP contribution in [0.2, 0.25) is 0 Å². The Kier molecular flexibility index (Phi) is 8.84. The van der Waals surface area contributed by atoms with E-state index in [1.807, 2.05) is 12.1 Å². The molecule has 28 heavy (non-hydrogen) atoms. The highest BCUT2D eigenvalue weighted by Crippen LogP contribution is 2.29. The van der Waals surface area contributed by atoms with Crippen LogP contribution in [0, 0.1) is 5.92 Å². The second kappa shape index (κ2) is 11.9. The van der Waals surface area contributed by atoms with Gasteiger partial charge in [-0.3, -0.25) is 0 Å². The van der Waals surface area contributed by atoms with E-state index in [1.165, 1.54) is 12.8 Å². The van der Waals surface area contributed by atoms with Crippen LogP contribution in [0.15, 0.2) is 23.3 Å². The topological polar surface area (TPSA) is 77.0 Å². The second-order valence-corrected chi connectivity index (χ2v) is 7.44. The monoisotopic (exact) mass is 390 g/mol. The van der Waals surface area contributed by atoms with E-state index in [-0.39, 0.29) is 0 Å². The smallest absolute Gasteiger partial charge is 0.213 e. The molecule has 1 aromatic rings. The first-order chi connectivity index (χ1) is 13.8. The van der Waals surface area contributed by atoms with Crippen molar-refractivity contribution < 1.29 is 14.2 Å². The molecule has 1 aromatic heterocycles. The fourth-order valence-electron chi connectivity index (χ4n) is 3.00. The van der Waals surface area contributed by atoms with E-state index in [9.17, 15) is 0 Å². The maximum atomic E-state index is 5.75. The number of nitrogens with one attached hydrogen (secondary N) is 2. The third-order valence-corrected chi connectivity index (χ3v) is 4.81. The molecule has 0 aromatic carbocycles. The Bertz CT molecular complexity index is 601. The summed E-state index contributed by atoms with van der Waals surface area (Å²) in [5.74, 6) is 2.24. The fraction of sp³-hybridized carbons (Fsp3) is 0.714. The Balaban J connectivity index is 1.35. The van der Waals surface area contributed by atoms with Gasteiger partial charge >= 0.3 is 0 Å². The highest BCUT2D eigenvalue weighted by atomic mass is 16.5. The highest BCUT2D eigenvalue weighted by Gasteiger charge is 2.22. The summed E-state index contributed by atoms with van der Waals surface area (Å²) in [4.78, 5) is 8.95. The summed E-state index contributed by atoms with van der Waals surface area (Å²) in [6.07, 6.45) is 7.86. The Morgan fingerprint density at radius 1 is 1.29 bits per heavy atom. The molecule has 156 valence electrons. The summed E-state index contributed by atoms with van der Waals surface area (Å²) in [6.45, 7) is 7.41. The van der Waals surface area contributed by atoms with Crippen molar-refractivity contribution in [2.45, 2.75) is 51.7 Å². The lowest BCUT2D eigenvalue weighted by molar-refractivity contribution is 0.0168. The largest absolute Gasteiger partial charge is 0.477 e. The van der Waals surface area contributed by atoms with Crippen molar-refractivity contribution >= 4 is 5.96 Å². The van der Waals surface area contributed by atoms with E-state index in [1.54, 1.807) is 6.20 Å². The second-order valence-electron chi connectivity index (χ2n) is 7.44. The number of hydrogen-bond acceptors (Lipinski definition) is 5. The van der Waals surface area contributed by atoms with Crippen molar-refractivity contribution in [2.24, 2.45) is 10.9 Å². The average molecular weight is 391 g/mol. The summed E-state index contributed by atoms with van der Waals surface area (Å²) in [5, 5.41) is 6.65. The van der Waals surface area contributed by atoms with Crippen LogP contribution < -0.4 is 15.4 Å². The average Bonchev–Trinajstić information content (AvgIpc) is 3.40. The molecule has 1 saturated heterocycles. The van der Waals surface area contributed by atoms with Crippen LogP contribution in [-0.4, -0.2) is 56.6 Å². The van der Waals surface area contributed by atoms with Gasteiger partial charge in [-0.2, -0.15) is 0 Å². The van der Waals surface area contributed by atoms with Gasteiger partial charge in [-0.15, -0.1) is 0 Å². The summed E-state index contributed by atoms with van der Waals surface area (Å²) in [5.41, 5.74) is 1.10. The van der Waals surface area contributed by atoms with Gasteiger partial charge in [0.2, 0.25) is 5.88 Å². The highest BCUT2D eigenvalue weighted by molar-refractivity contribution is 5.79. The lowest BCUT2D eigenvalue weighted by Crippen LogP contribution is -2.38. The fourth-order valence-corrected chi connectivity index (χ4v) is 3.00. The summed E-state index contributed by atoms with van der Waals surface area (Å²) < 4.78 is 17.0. The van der Waals surface area contributed by atoms with Crippen LogP contribution in [-0.2, 0) is 16.0 Å². The van der Waals surface area contributed by atoms with Gasteiger partial charge in [0.1, 0.15) is 0 Å². The maximum absolute atomic E-state index is 5.75. The van der Waals surface area contributed by atoms with Crippen LogP contribution in [0.1, 0.15) is 44.6 Å². The molecule has 1 saturated carbocycles. The SMILES string of the molecule is CCNC(=NCc1ccnc(OCC2CC2)c1)NCCCOCC1CCCO1. The van der Waals surface area contributed by atoms with Gasteiger partial charge in [0.15, 0.2) is 5.96 Å². The van der Waals surface area contributed by atoms with E-state index in [0.29, 0.717) is 25.1 Å². The van der Waals surface area contributed by atoms with E-state index in [4.69, 9.17) is 14.2 Å². The van der Waals surface area contributed by atoms with Crippen molar-refractivity contribution in [3.05, 3.63) is 23.9 Å². The molecule has 0 spiro atoms. The Labute approximate surface area is 168 Å². The van der Waals surface area contributed by atoms with E-state index in [0.717, 1.165) is 69.6 Å². The van der Waals surface area contributed by atoms with Gasteiger partial charge in [0.05, 0.1) is 25.9 Å².